The molecule has 0 aliphatic carbocycles. The van der Waals surface area contributed by atoms with Gasteiger partial charge < -0.3 is 5.73 Å². The van der Waals surface area contributed by atoms with Crippen LogP contribution >= 0.6 is 0 Å². The Kier molecular flexibility index (Phi) is 4.07. The molecule has 0 radical (unpaired) electrons. The van der Waals surface area contributed by atoms with Crippen molar-refractivity contribution >= 4 is 15.7 Å². The third-order valence-corrected chi connectivity index (χ3v) is 6.24. The van der Waals surface area contributed by atoms with Crippen LogP contribution in [0.15, 0.2) is 17.0 Å². The number of halogens is 1. The second kappa shape index (κ2) is 5.33. The average Bonchev–Trinajstić information content (AvgIpc) is 2.33. The fraction of sp³-hybridized carbons (Fsp3) is 0.571. The molecular formula is C14H21FN2O2S. The highest BCUT2D eigenvalue weighted by Gasteiger charge is 2.36. The Balaban J connectivity index is 2.55. The molecule has 6 heteroatoms. The van der Waals surface area contributed by atoms with E-state index < -0.39 is 15.8 Å². The molecule has 1 aromatic rings. The van der Waals surface area contributed by atoms with Crippen molar-refractivity contribution in [3.05, 3.63) is 23.5 Å². The molecule has 2 unspecified atom stereocenters. The number of nitrogens with zero attached hydrogens (tertiary/aromatic N) is 1. The van der Waals surface area contributed by atoms with E-state index in [0.29, 0.717) is 0 Å². The average molecular weight is 300 g/mol. The minimum Gasteiger partial charge on any atom is -0.399 e. The number of nitrogen functional groups attached to an aromatic ring is 1. The normalized spacial score (nSPS) is 24.8. The van der Waals surface area contributed by atoms with Crippen LogP contribution in [0.2, 0.25) is 0 Å². The van der Waals surface area contributed by atoms with Crippen LogP contribution in [0.3, 0.4) is 0 Å². The maximum absolute atomic E-state index is 13.8. The highest BCUT2D eigenvalue weighted by molar-refractivity contribution is 7.89. The molecule has 1 aliphatic heterocycles. The molecule has 1 heterocycles. The SMILES string of the molecule is Cc1c(F)cc(N)cc1S(=O)(=O)N1C(C)CCCC1C. The number of nitrogens with two attached hydrogens (primary N) is 1. The van der Waals surface area contributed by atoms with Crippen LogP contribution in [-0.4, -0.2) is 24.8 Å². The van der Waals surface area contributed by atoms with Gasteiger partial charge in [-0.3, -0.25) is 0 Å². The summed E-state index contributed by atoms with van der Waals surface area (Å²) in [4.78, 5) is -0.0180. The van der Waals surface area contributed by atoms with Crippen molar-refractivity contribution in [1.29, 1.82) is 0 Å². The molecule has 0 amide bonds. The van der Waals surface area contributed by atoms with Crippen molar-refractivity contribution in [3.63, 3.8) is 0 Å². The third-order valence-electron chi connectivity index (χ3n) is 3.99. The first-order valence-electron chi connectivity index (χ1n) is 6.84. The van der Waals surface area contributed by atoms with E-state index in [1.807, 2.05) is 13.8 Å². The highest BCUT2D eigenvalue weighted by atomic mass is 32.2. The molecule has 0 saturated carbocycles. The van der Waals surface area contributed by atoms with Gasteiger partial charge in [0, 0.05) is 23.3 Å². The standard InChI is InChI=1S/C14H21FN2O2S/c1-9-5-4-6-10(2)17(9)20(18,19)14-8-12(16)7-13(15)11(14)3/h7-10H,4-6,16H2,1-3H3. The minimum atomic E-state index is -3.72. The summed E-state index contributed by atoms with van der Waals surface area (Å²) in [7, 11) is -3.72. The van der Waals surface area contributed by atoms with Crippen LogP contribution in [0.5, 0.6) is 0 Å². The van der Waals surface area contributed by atoms with Gasteiger partial charge in [-0.25, -0.2) is 12.8 Å². The van der Waals surface area contributed by atoms with Crippen LogP contribution in [0.25, 0.3) is 0 Å². The topological polar surface area (TPSA) is 63.4 Å². The van der Waals surface area contributed by atoms with Crippen molar-refractivity contribution in [2.24, 2.45) is 0 Å². The first-order valence-corrected chi connectivity index (χ1v) is 8.28. The van der Waals surface area contributed by atoms with Crippen LogP contribution in [0, 0.1) is 12.7 Å². The van der Waals surface area contributed by atoms with E-state index in [-0.39, 0.29) is 28.2 Å². The van der Waals surface area contributed by atoms with Gasteiger partial charge in [0.15, 0.2) is 0 Å². The Hall–Kier alpha value is -1.14. The first-order chi connectivity index (χ1) is 9.25. The lowest BCUT2D eigenvalue weighted by Crippen LogP contribution is -2.47. The largest absolute Gasteiger partial charge is 0.399 e. The molecule has 1 fully saturated rings. The maximum Gasteiger partial charge on any atom is 0.244 e. The molecule has 2 rings (SSSR count). The zero-order chi connectivity index (χ0) is 15.1. The quantitative estimate of drug-likeness (QED) is 0.854. The second-order valence-electron chi connectivity index (χ2n) is 5.59. The predicted molar refractivity (Wildman–Crippen MR) is 77.3 cm³/mol. The molecule has 1 aromatic carbocycles. The van der Waals surface area contributed by atoms with E-state index in [9.17, 15) is 12.8 Å². The number of piperidine rings is 1. The van der Waals surface area contributed by atoms with Crippen molar-refractivity contribution in [1.82, 2.24) is 4.31 Å². The molecule has 1 aliphatic rings. The van der Waals surface area contributed by atoms with Crippen LogP contribution < -0.4 is 5.73 Å². The summed E-state index contributed by atoms with van der Waals surface area (Å²) < 4.78 is 40.9. The van der Waals surface area contributed by atoms with E-state index in [0.717, 1.165) is 25.3 Å². The highest BCUT2D eigenvalue weighted by Crippen LogP contribution is 2.32. The summed E-state index contributed by atoms with van der Waals surface area (Å²) in [6.45, 7) is 5.26. The Labute approximate surface area is 119 Å². The minimum absolute atomic E-state index is 0.0180. The van der Waals surface area contributed by atoms with Crippen LogP contribution in [-0.2, 0) is 10.0 Å². The molecule has 1 saturated heterocycles. The van der Waals surface area contributed by atoms with Gasteiger partial charge in [0.05, 0.1) is 4.90 Å². The summed E-state index contributed by atoms with van der Waals surface area (Å²) in [5, 5.41) is 0. The monoisotopic (exact) mass is 300 g/mol. The van der Waals surface area contributed by atoms with Crippen LogP contribution in [0.1, 0.15) is 38.7 Å². The molecule has 20 heavy (non-hydrogen) atoms. The molecule has 112 valence electrons. The number of rotatable bonds is 2. The zero-order valence-corrected chi connectivity index (χ0v) is 12.9. The first kappa shape index (κ1) is 15.3. The summed E-state index contributed by atoms with van der Waals surface area (Å²) in [5.41, 5.74) is 5.86. The third kappa shape index (κ3) is 2.54. The van der Waals surface area contributed by atoms with Gasteiger partial charge >= 0.3 is 0 Å². The molecule has 0 spiro atoms. The number of anilines is 1. The van der Waals surface area contributed by atoms with E-state index in [1.165, 1.54) is 17.3 Å². The Morgan fingerprint density at radius 2 is 1.80 bits per heavy atom. The number of benzene rings is 1. The van der Waals surface area contributed by atoms with Gasteiger partial charge in [-0.1, -0.05) is 6.42 Å². The molecule has 4 nitrogen and oxygen atoms in total. The number of hydrogen-bond donors (Lipinski definition) is 1. The smallest absolute Gasteiger partial charge is 0.244 e. The summed E-state index contributed by atoms with van der Waals surface area (Å²) in [6, 6.07) is 2.35. The van der Waals surface area contributed by atoms with Gasteiger partial charge in [0.25, 0.3) is 0 Å². The van der Waals surface area contributed by atoms with E-state index in [4.69, 9.17) is 5.73 Å². The lowest BCUT2D eigenvalue weighted by Gasteiger charge is -2.38. The van der Waals surface area contributed by atoms with Crippen molar-refractivity contribution in [2.45, 2.75) is 57.0 Å². The molecule has 0 aromatic heterocycles. The van der Waals surface area contributed by atoms with Crippen LogP contribution in [0.4, 0.5) is 10.1 Å². The van der Waals surface area contributed by atoms with E-state index >= 15 is 0 Å². The lowest BCUT2D eigenvalue weighted by molar-refractivity contribution is 0.204. The van der Waals surface area contributed by atoms with Gasteiger partial charge in [-0.05, 0) is 45.7 Å². The summed E-state index contributed by atoms with van der Waals surface area (Å²) in [6.07, 6.45) is 2.67. The van der Waals surface area contributed by atoms with E-state index in [2.05, 4.69) is 0 Å². The fourth-order valence-corrected chi connectivity index (χ4v) is 5.08. The van der Waals surface area contributed by atoms with Gasteiger partial charge in [-0.2, -0.15) is 4.31 Å². The molecule has 2 N–H and O–H groups in total. The number of sulfonamides is 1. The predicted octanol–water partition coefficient (Wildman–Crippen LogP) is 2.67. The zero-order valence-electron chi connectivity index (χ0n) is 12.1. The maximum atomic E-state index is 13.8. The lowest BCUT2D eigenvalue weighted by atomic mass is 10.0. The Morgan fingerprint density at radius 3 is 2.35 bits per heavy atom. The molecular weight excluding hydrogens is 279 g/mol. The molecule has 2 atom stereocenters. The summed E-state index contributed by atoms with van der Waals surface area (Å²) >= 11 is 0. The number of hydrogen-bond acceptors (Lipinski definition) is 3. The Morgan fingerprint density at radius 1 is 1.25 bits per heavy atom. The van der Waals surface area contributed by atoms with Crippen molar-refractivity contribution in [2.75, 3.05) is 5.73 Å². The van der Waals surface area contributed by atoms with Crippen molar-refractivity contribution < 1.29 is 12.8 Å². The second-order valence-corrected chi connectivity index (χ2v) is 7.40. The van der Waals surface area contributed by atoms with Crippen molar-refractivity contribution in [3.8, 4) is 0 Å². The van der Waals surface area contributed by atoms with E-state index in [1.54, 1.807) is 0 Å². The molecule has 0 bridgehead atoms. The van der Waals surface area contributed by atoms with Gasteiger partial charge in [-0.15, -0.1) is 0 Å². The van der Waals surface area contributed by atoms with Gasteiger partial charge in [0.2, 0.25) is 10.0 Å². The summed E-state index contributed by atoms with van der Waals surface area (Å²) in [5.74, 6) is -0.583. The fourth-order valence-electron chi connectivity index (χ4n) is 2.93. The van der Waals surface area contributed by atoms with Gasteiger partial charge in [0.1, 0.15) is 5.82 Å². The Bertz CT molecular complexity index is 606.